The molecule has 7 heteroatoms. The zero-order valence-corrected chi connectivity index (χ0v) is 15.8. The Bertz CT molecular complexity index is 895. The van der Waals surface area contributed by atoms with Gasteiger partial charge in [-0.2, -0.15) is 0 Å². The summed E-state index contributed by atoms with van der Waals surface area (Å²) in [6, 6.07) is 7.88. The number of Topliss-reactive ketones (excluding diaryl/α,β-unsaturated/α-hetero) is 1. The lowest BCUT2D eigenvalue weighted by molar-refractivity contribution is -0.139. The largest absolute Gasteiger partial charge is 0.507 e. The molecule has 3 rings (SSSR count). The van der Waals surface area contributed by atoms with Crippen molar-refractivity contribution >= 4 is 17.4 Å². The van der Waals surface area contributed by atoms with E-state index >= 15 is 0 Å². The Morgan fingerprint density at radius 2 is 1.79 bits per heavy atom. The number of pyridine rings is 1. The van der Waals surface area contributed by atoms with Crippen molar-refractivity contribution in [3.8, 4) is 0 Å². The first kappa shape index (κ1) is 19.7. The number of likely N-dealkylation sites (tertiary alicyclic amines) is 1. The first-order valence-electron chi connectivity index (χ1n) is 8.99. The van der Waals surface area contributed by atoms with Crippen LogP contribution in [0.1, 0.15) is 23.6 Å². The number of nitrogens with zero attached hydrogens (tertiary/aromatic N) is 3. The van der Waals surface area contributed by atoms with Crippen molar-refractivity contribution < 1.29 is 19.1 Å². The van der Waals surface area contributed by atoms with E-state index in [-0.39, 0.29) is 16.9 Å². The molecule has 146 valence electrons. The van der Waals surface area contributed by atoms with Gasteiger partial charge in [-0.05, 0) is 69.0 Å². The molecule has 0 spiro atoms. The molecule has 0 saturated carbocycles. The molecule has 1 N–H and O–H groups in total. The van der Waals surface area contributed by atoms with Crippen LogP contribution in [0.4, 0.5) is 4.39 Å². The summed E-state index contributed by atoms with van der Waals surface area (Å²) in [5.74, 6) is -2.15. The topological polar surface area (TPSA) is 73.7 Å². The van der Waals surface area contributed by atoms with Gasteiger partial charge < -0.3 is 14.9 Å². The van der Waals surface area contributed by atoms with Crippen LogP contribution in [-0.4, -0.2) is 58.8 Å². The number of aliphatic hydroxyl groups excluding tert-OH is 1. The summed E-state index contributed by atoms with van der Waals surface area (Å²) in [6.07, 6.45) is 3.83. The molecule has 1 aromatic carbocycles. The third kappa shape index (κ3) is 3.94. The van der Waals surface area contributed by atoms with Crippen LogP contribution in [0.25, 0.3) is 5.76 Å². The maximum absolute atomic E-state index is 13.2. The average molecular weight is 383 g/mol. The van der Waals surface area contributed by atoms with E-state index in [1.165, 1.54) is 29.2 Å². The molecule has 0 bridgehead atoms. The van der Waals surface area contributed by atoms with Gasteiger partial charge in [0.05, 0.1) is 11.6 Å². The number of hydrogen-bond acceptors (Lipinski definition) is 5. The number of carbonyl (C=O) groups excluding carboxylic acids is 2. The molecule has 1 atom stereocenters. The number of halogens is 1. The minimum Gasteiger partial charge on any atom is -0.507 e. The summed E-state index contributed by atoms with van der Waals surface area (Å²) in [5.41, 5.74) is 0.974. The van der Waals surface area contributed by atoms with E-state index in [0.29, 0.717) is 18.5 Å². The molecule has 1 aliphatic rings. The molecule has 1 amide bonds. The molecule has 1 aromatic heterocycles. The summed E-state index contributed by atoms with van der Waals surface area (Å²) in [5, 5.41) is 10.8. The van der Waals surface area contributed by atoms with Crippen molar-refractivity contribution in [1.82, 2.24) is 14.8 Å². The van der Waals surface area contributed by atoms with Gasteiger partial charge >= 0.3 is 0 Å². The summed E-state index contributed by atoms with van der Waals surface area (Å²) in [6.45, 7) is 1.12. The smallest absolute Gasteiger partial charge is 0.295 e. The van der Waals surface area contributed by atoms with Crippen LogP contribution in [-0.2, 0) is 9.59 Å². The van der Waals surface area contributed by atoms with Gasteiger partial charge in [0.25, 0.3) is 11.7 Å². The lowest BCUT2D eigenvalue weighted by Gasteiger charge is -2.25. The Kier molecular flexibility index (Phi) is 5.84. The quantitative estimate of drug-likeness (QED) is 0.472. The Morgan fingerprint density at radius 3 is 2.39 bits per heavy atom. The van der Waals surface area contributed by atoms with Crippen molar-refractivity contribution in [2.45, 2.75) is 12.5 Å². The summed E-state index contributed by atoms with van der Waals surface area (Å²) >= 11 is 0. The highest BCUT2D eigenvalue weighted by molar-refractivity contribution is 6.46. The Balaban J connectivity index is 2.06. The van der Waals surface area contributed by atoms with E-state index < -0.39 is 23.5 Å². The number of ketones is 1. The molecule has 2 aromatic rings. The second kappa shape index (κ2) is 8.31. The number of benzene rings is 1. The zero-order valence-electron chi connectivity index (χ0n) is 15.8. The molecular formula is C21H22FN3O3. The molecule has 1 fully saturated rings. The number of rotatable bonds is 6. The average Bonchev–Trinajstić information content (AvgIpc) is 2.93. The normalized spacial score (nSPS) is 18.9. The van der Waals surface area contributed by atoms with Crippen LogP contribution >= 0.6 is 0 Å². The van der Waals surface area contributed by atoms with Gasteiger partial charge in [0, 0.05) is 24.5 Å². The van der Waals surface area contributed by atoms with E-state index in [4.69, 9.17) is 0 Å². The fourth-order valence-electron chi connectivity index (χ4n) is 3.32. The highest BCUT2D eigenvalue weighted by Crippen LogP contribution is 2.39. The van der Waals surface area contributed by atoms with Crippen LogP contribution < -0.4 is 0 Å². The van der Waals surface area contributed by atoms with Gasteiger partial charge in [0.1, 0.15) is 11.6 Å². The van der Waals surface area contributed by atoms with Gasteiger partial charge in [-0.1, -0.05) is 0 Å². The summed E-state index contributed by atoms with van der Waals surface area (Å²) in [7, 11) is 3.87. The van der Waals surface area contributed by atoms with Gasteiger partial charge in [0.2, 0.25) is 0 Å². The third-order valence-corrected chi connectivity index (χ3v) is 4.68. The van der Waals surface area contributed by atoms with Crippen molar-refractivity contribution in [1.29, 1.82) is 0 Å². The van der Waals surface area contributed by atoms with E-state index in [0.717, 1.165) is 6.54 Å². The monoisotopic (exact) mass is 383 g/mol. The van der Waals surface area contributed by atoms with Gasteiger partial charge in [-0.15, -0.1) is 0 Å². The van der Waals surface area contributed by atoms with Crippen molar-refractivity contribution in [3.05, 3.63) is 71.3 Å². The second-order valence-corrected chi connectivity index (χ2v) is 6.94. The predicted molar refractivity (Wildman–Crippen MR) is 103 cm³/mol. The first-order valence-corrected chi connectivity index (χ1v) is 8.99. The molecule has 0 aliphatic carbocycles. The van der Waals surface area contributed by atoms with Crippen molar-refractivity contribution in [2.75, 3.05) is 27.2 Å². The lowest BCUT2D eigenvalue weighted by Crippen LogP contribution is -2.32. The van der Waals surface area contributed by atoms with Gasteiger partial charge in [0.15, 0.2) is 0 Å². The summed E-state index contributed by atoms with van der Waals surface area (Å²) < 4.78 is 13.2. The number of aliphatic hydroxyl groups is 1. The van der Waals surface area contributed by atoms with E-state index in [2.05, 4.69) is 4.98 Å². The number of carbonyl (C=O) groups is 2. The van der Waals surface area contributed by atoms with Crippen LogP contribution in [0.2, 0.25) is 0 Å². The highest BCUT2D eigenvalue weighted by atomic mass is 19.1. The van der Waals surface area contributed by atoms with Crippen molar-refractivity contribution in [3.63, 3.8) is 0 Å². The maximum Gasteiger partial charge on any atom is 0.295 e. The number of aromatic nitrogens is 1. The van der Waals surface area contributed by atoms with Crippen LogP contribution in [0, 0.1) is 5.82 Å². The number of hydrogen-bond donors (Lipinski definition) is 1. The van der Waals surface area contributed by atoms with Gasteiger partial charge in [-0.25, -0.2) is 4.39 Å². The molecule has 0 unspecified atom stereocenters. The fourth-order valence-corrected chi connectivity index (χ4v) is 3.32. The Labute approximate surface area is 162 Å². The molecule has 6 nitrogen and oxygen atoms in total. The van der Waals surface area contributed by atoms with E-state index in [9.17, 15) is 19.1 Å². The zero-order chi connectivity index (χ0) is 20.3. The summed E-state index contributed by atoms with van der Waals surface area (Å²) in [4.78, 5) is 32.9. The molecule has 28 heavy (non-hydrogen) atoms. The van der Waals surface area contributed by atoms with Gasteiger partial charge in [-0.3, -0.25) is 14.6 Å². The number of amides is 1. The first-order chi connectivity index (χ1) is 13.4. The van der Waals surface area contributed by atoms with Crippen LogP contribution in [0.3, 0.4) is 0 Å². The van der Waals surface area contributed by atoms with E-state index in [1.54, 1.807) is 24.5 Å². The lowest BCUT2D eigenvalue weighted by atomic mass is 9.96. The second-order valence-electron chi connectivity index (χ2n) is 6.94. The standard InChI is InChI=1S/C21H22FN3O3/c1-24(2)12-3-13-25-18(14-8-10-23-11-9-14)17(20(27)21(25)28)19(26)15-4-6-16(22)7-5-15/h4-11,18,26H,3,12-13H2,1-2H3/b19-17+/t18-/m0/s1. The predicted octanol–water partition coefficient (Wildman–Crippen LogP) is 2.59. The minimum absolute atomic E-state index is 0.00709. The Hall–Kier alpha value is -3.06. The minimum atomic E-state index is -0.742. The molecular weight excluding hydrogens is 361 g/mol. The van der Waals surface area contributed by atoms with Crippen LogP contribution in [0.15, 0.2) is 54.4 Å². The fraction of sp³-hybridized carbons (Fsp3) is 0.286. The van der Waals surface area contributed by atoms with E-state index in [1.807, 2.05) is 19.0 Å². The SMILES string of the molecule is CN(C)CCCN1C(=O)C(=O)/C(=C(/O)c2ccc(F)cc2)[C@@H]1c1ccncc1. The third-order valence-electron chi connectivity index (χ3n) is 4.68. The maximum atomic E-state index is 13.2. The molecule has 0 radical (unpaired) electrons. The van der Waals surface area contributed by atoms with Crippen molar-refractivity contribution in [2.24, 2.45) is 0 Å². The molecule has 1 saturated heterocycles. The Morgan fingerprint density at radius 1 is 1.14 bits per heavy atom. The highest BCUT2D eigenvalue weighted by Gasteiger charge is 2.45. The molecule has 2 heterocycles. The van der Waals surface area contributed by atoms with Crippen LogP contribution in [0.5, 0.6) is 0 Å². The molecule has 1 aliphatic heterocycles.